The standard InChI is InChI=1S/C23H28O3/c1-3-5-15-25-19-11-7-17(8-12-19)21-22(23(21)24)18-9-13-20(14-10-18)26-16-6-4-2/h7-14,21-22H,3-6,15-16H2,1-2H3. The summed E-state index contributed by atoms with van der Waals surface area (Å²) >= 11 is 0. The molecule has 3 heteroatoms. The Morgan fingerprint density at radius 2 is 1.08 bits per heavy atom. The normalized spacial score (nSPS) is 18.6. The predicted octanol–water partition coefficient (Wildman–Crippen LogP) is 5.49. The molecule has 2 aromatic rings. The molecule has 3 nitrogen and oxygen atoms in total. The third-order valence-corrected chi connectivity index (χ3v) is 4.85. The van der Waals surface area contributed by atoms with Crippen molar-refractivity contribution in [1.29, 1.82) is 0 Å². The summed E-state index contributed by atoms with van der Waals surface area (Å²) in [5.74, 6) is 2.00. The minimum absolute atomic E-state index is 0.0217. The zero-order chi connectivity index (χ0) is 18.4. The second-order valence-corrected chi connectivity index (χ2v) is 6.90. The van der Waals surface area contributed by atoms with Crippen LogP contribution in [0.4, 0.5) is 0 Å². The third kappa shape index (κ3) is 4.46. The Labute approximate surface area is 156 Å². The van der Waals surface area contributed by atoms with E-state index in [2.05, 4.69) is 13.8 Å². The summed E-state index contributed by atoms with van der Waals surface area (Å²) in [6, 6.07) is 16.0. The maximum atomic E-state index is 12.3. The van der Waals surface area contributed by atoms with E-state index in [1.807, 2.05) is 48.5 Å². The van der Waals surface area contributed by atoms with Crippen molar-refractivity contribution in [2.45, 2.75) is 51.4 Å². The lowest BCUT2D eigenvalue weighted by molar-refractivity contribution is -0.110. The second kappa shape index (κ2) is 8.88. The quantitative estimate of drug-likeness (QED) is 0.530. The van der Waals surface area contributed by atoms with Gasteiger partial charge in [-0.2, -0.15) is 0 Å². The van der Waals surface area contributed by atoms with E-state index in [0.29, 0.717) is 5.78 Å². The summed E-state index contributed by atoms with van der Waals surface area (Å²) in [4.78, 5) is 12.3. The van der Waals surface area contributed by atoms with Crippen molar-refractivity contribution >= 4 is 5.78 Å². The zero-order valence-electron chi connectivity index (χ0n) is 15.7. The molecule has 1 aliphatic rings. The molecule has 0 amide bonds. The molecule has 138 valence electrons. The summed E-state index contributed by atoms with van der Waals surface area (Å²) in [6.45, 7) is 5.78. The van der Waals surface area contributed by atoms with Gasteiger partial charge in [0.05, 0.1) is 25.0 Å². The van der Waals surface area contributed by atoms with E-state index in [1.165, 1.54) is 0 Å². The minimum atomic E-state index is -0.0217. The number of benzene rings is 2. The number of hydrogen-bond acceptors (Lipinski definition) is 3. The maximum Gasteiger partial charge on any atom is 0.149 e. The minimum Gasteiger partial charge on any atom is -0.494 e. The molecule has 1 fully saturated rings. The lowest BCUT2D eigenvalue weighted by atomic mass is 10.0. The van der Waals surface area contributed by atoms with Gasteiger partial charge in [0.25, 0.3) is 0 Å². The van der Waals surface area contributed by atoms with Crippen LogP contribution in [0, 0.1) is 0 Å². The van der Waals surface area contributed by atoms with Gasteiger partial charge in [-0.1, -0.05) is 51.0 Å². The molecule has 1 saturated carbocycles. The summed E-state index contributed by atoms with van der Waals surface area (Å²) in [5, 5.41) is 0. The van der Waals surface area contributed by atoms with Crippen LogP contribution in [0.2, 0.25) is 0 Å². The topological polar surface area (TPSA) is 35.5 Å². The van der Waals surface area contributed by atoms with E-state index in [-0.39, 0.29) is 11.8 Å². The van der Waals surface area contributed by atoms with Gasteiger partial charge in [0, 0.05) is 0 Å². The zero-order valence-corrected chi connectivity index (χ0v) is 15.7. The first kappa shape index (κ1) is 18.5. The molecule has 0 aliphatic heterocycles. The van der Waals surface area contributed by atoms with Crippen molar-refractivity contribution in [2.75, 3.05) is 13.2 Å². The van der Waals surface area contributed by atoms with Gasteiger partial charge in [-0.25, -0.2) is 0 Å². The Hall–Kier alpha value is -2.29. The second-order valence-electron chi connectivity index (χ2n) is 6.90. The largest absolute Gasteiger partial charge is 0.494 e. The van der Waals surface area contributed by atoms with E-state index in [9.17, 15) is 4.79 Å². The number of rotatable bonds is 10. The van der Waals surface area contributed by atoms with Crippen molar-refractivity contribution < 1.29 is 14.3 Å². The Morgan fingerprint density at radius 3 is 1.42 bits per heavy atom. The summed E-state index contributed by atoms with van der Waals surface area (Å²) in [7, 11) is 0. The van der Waals surface area contributed by atoms with E-state index in [4.69, 9.17) is 9.47 Å². The lowest BCUT2D eigenvalue weighted by Crippen LogP contribution is -1.96. The Kier molecular flexibility index (Phi) is 6.32. The maximum absolute atomic E-state index is 12.3. The van der Waals surface area contributed by atoms with Crippen LogP contribution in [-0.2, 0) is 4.79 Å². The van der Waals surface area contributed by atoms with E-state index < -0.39 is 0 Å². The lowest BCUT2D eigenvalue weighted by Gasteiger charge is -2.07. The first-order valence-corrected chi connectivity index (χ1v) is 9.73. The van der Waals surface area contributed by atoms with E-state index in [0.717, 1.165) is 61.5 Å². The number of Topliss-reactive ketones (excluding diaryl/α,β-unsaturated/α-hetero) is 1. The summed E-state index contributed by atoms with van der Waals surface area (Å²) < 4.78 is 11.4. The van der Waals surface area contributed by atoms with Crippen molar-refractivity contribution in [1.82, 2.24) is 0 Å². The fraction of sp³-hybridized carbons (Fsp3) is 0.435. The number of unbranched alkanes of at least 4 members (excludes halogenated alkanes) is 2. The highest BCUT2D eigenvalue weighted by Crippen LogP contribution is 2.50. The molecule has 0 aromatic heterocycles. The Bertz CT molecular complexity index is 642. The molecule has 0 N–H and O–H groups in total. The predicted molar refractivity (Wildman–Crippen MR) is 104 cm³/mol. The van der Waals surface area contributed by atoms with E-state index in [1.54, 1.807) is 0 Å². The van der Waals surface area contributed by atoms with Gasteiger partial charge >= 0.3 is 0 Å². The first-order valence-electron chi connectivity index (χ1n) is 9.73. The molecular weight excluding hydrogens is 324 g/mol. The van der Waals surface area contributed by atoms with Gasteiger partial charge in [-0.3, -0.25) is 4.79 Å². The molecule has 0 heterocycles. The van der Waals surface area contributed by atoms with Crippen LogP contribution in [-0.4, -0.2) is 19.0 Å². The average molecular weight is 352 g/mol. The van der Waals surface area contributed by atoms with Gasteiger partial charge in [-0.05, 0) is 48.2 Å². The SMILES string of the molecule is CCCCOc1ccc(C2C(=O)C2c2ccc(OCCCC)cc2)cc1. The van der Waals surface area contributed by atoms with Gasteiger partial charge < -0.3 is 9.47 Å². The molecule has 3 rings (SSSR count). The van der Waals surface area contributed by atoms with Gasteiger partial charge in [0.1, 0.15) is 17.3 Å². The smallest absolute Gasteiger partial charge is 0.149 e. The monoisotopic (exact) mass is 352 g/mol. The molecule has 0 bridgehead atoms. The van der Waals surface area contributed by atoms with Crippen LogP contribution >= 0.6 is 0 Å². The van der Waals surface area contributed by atoms with Crippen molar-refractivity contribution in [2.24, 2.45) is 0 Å². The molecule has 26 heavy (non-hydrogen) atoms. The number of carbonyl (C=O) groups is 1. The highest BCUT2D eigenvalue weighted by molar-refractivity contribution is 6.09. The van der Waals surface area contributed by atoms with Gasteiger partial charge in [-0.15, -0.1) is 0 Å². The Morgan fingerprint density at radius 1 is 0.692 bits per heavy atom. The molecule has 0 radical (unpaired) electrons. The van der Waals surface area contributed by atoms with Crippen LogP contribution in [0.25, 0.3) is 0 Å². The summed E-state index contributed by atoms with van der Waals surface area (Å²) in [5.41, 5.74) is 2.15. The van der Waals surface area contributed by atoms with Crippen LogP contribution in [0.3, 0.4) is 0 Å². The highest BCUT2D eigenvalue weighted by Gasteiger charge is 2.50. The van der Waals surface area contributed by atoms with E-state index >= 15 is 0 Å². The van der Waals surface area contributed by atoms with Crippen LogP contribution in [0.5, 0.6) is 11.5 Å². The van der Waals surface area contributed by atoms with Crippen LogP contribution in [0.15, 0.2) is 48.5 Å². The number of hydrogen-bond donors (Lipinski definition) is 0. The van der Waals surface area contributed by atoms with Gasteiger partial charge in [0.2, 0.25) is 0 Å². The molecule has 0 saturated heterocycles. The van der Waals surface area contributed by atoms with Crippen molar-refractivity contribution in [3.8, 4) is 11.5 Å². The first-order chi connectivity index (χ1) is 12.7. The molecule has 2 aromatic carbocycles. The number of ketones is 1. The third-order valence-electron chi connectivity index (χ3n) is 4.85. The number of carbonyl (C=O) groups excluding carboxylic acids is 1. The summed E-state index contributed by atoms with van der Waals surface area (Å²) in [6.07, 6.45) is 4.36. The number of ether oxygens (including phenoxy) is 2. The molecule has 0 spiro atoms. The average Bonchev–Trinajstić information content (AvgIpc) is 3.34. The van der Waals surface area contributed by atoms with Crippen LogP contribution in [0.1, 0.15) is 62.5 Å². The molecule has 2 atom stereocenters. The fourth-order valence-electron chi connectivity index (χ4n) is 3.16. The van der Waals surface area contributed by atoms with Gasteiger partial charge in [0.15, 0.2) is 0 Å². The molecular formula is C23H28O3. The molecule has 2 unspecified atom stereocenters. The van der Waals surface area contributed by atoms with Crippen LogP contribution < -0.4 is 9.47 Å². The molecule has 1 aliphatic carbocycles. The van der Waals surface area contributed by atoms with Crippen molar-refractivity contribution in [3.05, 3.63) is 59.7 Å². The van der Waals surface area contributed by atoms with Crippen molar-refractivity contribution in [3.63, 3.8) is 0 Å². The Balaban J connectivity index is 1.58. The fourth-order valence-corrected chi connectivity index (χ4v) is 3.16. The highest BCUT2D eigenvalue weighted by atomic mass is 16.5.